The third-order valence-corrected chi connectivity index (χ3v) is 5.12. The van der Waals surface area contributed by atoms with Gasteiger partial charge in [0.05, 0.1) is 23.7 Å². The number of amides is 1. The average Bonchev–Trinajstić information content (AvgIpc) is 3.35. The first-order chi connectivity index (χ1) is 12.2. The molecule has 3 unspecified atom stereocenters. The highest BCUT2D eigenvalue weighted by atomic mass is 16.2. The highest BCUT2D eigenvalue weighted by Crippen LogP contribution is 2.41. The highest BCUT2D eigenvalue weighted by Gasteiger charge is 2.39. The largest absolute Gasteiger partial charge is 0.347 e. The van der Waals surface area contributed by atoms with Crippen LogP contribution in [0.1, 0.15) is 41.7 Å². The van der Waals surface area contributed by atoms with E-state index in [4.69, 9.17) is 0 Å². The second-order valence-corrected chi connectivity index (χ2v) is 7.10. The topological polar surface area (TPSA) is 66.0 Å². The Bertz CT molecular complexity index is 744. The Morgan fingerprint density at radius 2 is 2.04 bits per heavy atom. The van der Waals surface area contributed by atoms with Crippen molar-refractivity contribution < 1.29 is 4.79 Å². The molecule has 25 heavy (non-hydrogen) atoms. The van der Waals surface area contributed by atoms with Crippen LogP contribution in [0.5, 0.6) is 0 Å². The van der Waals surface area contributed by atoms with Gasteiger partial charge in [0.15, 0.2) is 0 Å². The molecule has 2 fully saturated rings. The first-order valence-corrected chi connectivity index (χ1v) is 8.98. The molecule has 0 radical (unpaired) electrons. The minimum absolute atomic E-state index is 0.00785. The molecule has 1 aliphatic heterocycles. The summed E-state index contributed by atoms with van der Waals surface area (Å²) in [7, 11) is 0. The van der Waals surface area contributed by atoms with Gasteiger partial charge in [-0.05, 0) is 48.9 Å². The fourth-order valence-corrected chi connectivity index (χ4v) is 3.57. The van der Waals surface area contributed by atoms with Gasteiger partial charge in [0.25, 0.3) is 0 Å². The number of carbonyl (C=O) groups is 1. The Balaban J connectivity index is 1.51. The number of benzene rings is 1. The molecule has 5 nitrogen and oxygen atoms in total. The highest BCUT2D eigenvalue weighted by molar-refractivity contribution is 5.80. The van der Waals surface area contributed by atoms with Crippen LogP contribution in [-0.4, -0.2) is 17.4 Å². The molecule has 3 atom stereocenters. The summed E-state index contributed by atoms with van der Waals surface area (Å²) in [5, 5.41) is 3.28. The van der Waals surface area contributed by atoms with Gasteiger partial charge >= 0.3 is 0 Å². The van der Waals surface area contributed by atoms with E-state index >= 15 is 0 Å². The monoisotopic (exact) mass is 336 g/mol. The molecule has 5 heteroatoms. The van der Waals surface area contributed by atoms with Crippen molar-refractivity contribution in [2.45, 2.75) is 31.8 Å². The lowest BCUT2D eigenvalue weighted by atomic mass is 9.93. The van der Waals surface area contributed by atoms with E-state index in [0.29, 0.717) is 12.5 Å². The number of carbonyl (C=O) groups excluding carboxylic acids is 1. The lowest BCUT2D eigenvalue weighted by Gasteiger charge is -2.23. The Labute approximate surface area is 148 Å². The molecule has 1 amide bonds. The van der Waals surface area contributed by atoms with Crippen molar-refractivity contribution >= 4 is 5.91 Å². The van der Waals surface area contributed by atoms with E-state index in [1.807, 2.05) is 30.5 Å². The van der Waals surface area contributed by atoms with E-state index in [1.165, 1.54) is 5.56 Å². The van der Waals surface area contributed by atoms with E-state index in [1.54, 1.807) is 0 Å². The van der Waals surface area contributed by atoms with Gasteiger partial charge in [-0.1, -0.05) is 30.3 Å². The van der Waals surface area contributed by atoms with Crippen LogP contribution in [0.15, 0.2) is 48.7 Å². The number of rotatable bonds is 5. The van der Waals surface area contributed by atoms with Crippen LogP contribution in [0.3, 0.4) is 0 Å². The molecule has 3 N–H and O–H groups in total. The predicted octanol–water partition coefficient (Wildman–Crippen LogP) is 2.42. The van der Waals surface area contributed by atoms with E-state index in [0.717, 1.165) is 24.1 Å². The smallest absolute Gasteiger partial charge is 0.226 e. The molecular formula is C20H24N4O. The second kappa shape index (κ2) is 6.94. The average molecular weight is 336 g/mol. The fraction of sp³-hybridized carbons (Fsp3) is 0.400. The number of aryl methyl sites for hydroxylation is 1. The molecule has 1 aromatic carbocycles. The number of aromatic nitrogens is 1. The summed E-state index contributed by atoms with van der Waals surface area (Å²) in [4.78, 5) is 17.5. The summed E-state index contributed by atoms with van der Waals surface area (Å²) in [5.41, 5.74) is 9.67. The maximum atomic E-state index is 13.0. The zero-order valence-corrected chi connectivity index (χ0v) is 14.4. The molecule has 1 aromatic heterocycles. The Morgan fingerprint density at radius 1 is 1.24 bits per heavy atom. The van der Waals surface area contributed by atoms with Crippen LogP contribution in [0.4, 0.5) is 0 Å². The molecule has 1 aliphatic carbocycles. The van der Waals surface area contributed by atoms with Crippen LogP contribution in [0, 0.1) is 18.8 Å². The van der Waals surface area contributed by atoms with Gasteiger partial charge in [0.1, 0.15) is 0 Å². The minimum Gasteiger partial charge on any atom is -0.347 e. The fourth-order valence-electron chi connectivity index (χ4n) is 3.57. The molecule has 130 valence electrons. The van der Waals surface area contributed by atoms with Gasteiger partial charge in [-0.3, -0.25) is 15.2 Å². The quantitative estimate of drug-likeness (QED) is 0.784. The Morgan fingerprint density at radius 3 is 2.76 bits per heavy atom. The van der Waals surface area contributed by atoms with Gasteiger partial charge in [0.2, 0.25) is 5.91 Å². The van der Waals surface area contributed by atoms with Crippen molar-refractivity contribution in [2.75, 3.05) is 6.54 Å². The van der Waals surface area contributed by atoms with Gasteiger partial charge in [-0.25, -0.2) is 5.43 Å². The standard InChI is InChI=1S/C20H24N4O/c1-13-9-10-21-17(11-13)19(15-7-8-15)23-20(25)16-12-22-24-18(16)14-5-3-2-4-6-14/h2-6,9-11,15-16,18-19,22,24H,7-8,12H2,1H3,(H,23,25). The normalized spacial score (nSPS) is 24.0. The Kier molecular flexibility index (Phi) is 4.51. The van der Waals surface area contributed by atoms with Crippen LogP contribution in [0.2, 0.25) is 0 Å². The molecule has 0 spiro atoms. The van der Waals surface area contributed by atoms with Crippen LogP contribution in [-0.2, 0) is 4.79 Å². The van der Waals surface area contributed by atoms with Crippen molar-refractivity contribution in [3.8, 4) is 0 Å². The molecule has 2 aromatic rings. The third kappa shape index (κ3) is 3.57. The van der Waals surface area contributed by atoms with Crippen LogP contribution >= 0.6 is 0 Å². The third-order valence-electron chi connectivity index (χ3n) is 5.12. The minimum atomic E-state index is -0.131. The number of hydrogen-bond donors (Lipinski definition) is 3. The lowest BCUT2D eigenvalue weighted by Crippen LogP contribution is -2.38. The number of nitrogens with one attached hydrogen (secondary N) is 3. The van der Waals surface area contributed by atoms with Crippen molar-refractivity contribution in [1.29, 1.82) is 0 Å². The lowest BCUT2D eigenvalue weighted by molar-refractivity contribution is -0.125. The van der Waals surface area contributed by atoms with Crippen molar-refractivity contribution in [3.63, 3.8) is 0 Å². The molecule has 4 rings (SSSR count). The van der Waals surface area contributed by atoms with E-state index in [2.05, 4.69) is 46.3 Å². The molecule has 1 saturated heterocycles. The summed E-state index contributed by atoms with van der Waals surface area (Å²) in [6, 6.07) is 14.2. The zero-order valence-electron chi connectivity index (χ0n) is 14.4. The first-order valence-electron chi connectivity index (χ1n) is 8.98. The van der Waals surface area contributed by atoms with Gasteiger partial charge < -0.3 is 5.32 Å². The second-order valence-electron chi connectivity index (χ2n) is 7.10. The van der Waals surface area contributed by atoms with Crippen molar-refractivity contribution in [3.05, 3.63) is 65.5 Å². The first kappa shape index (κ1) is 16.2. The molecule has 0 bridgehead atoms. The summed E-state index contributed by atoms with van der Waals surface area (Å²) >= 11 is 0. The maximum Gasteiger partial charge on any atom is 0.226 e. The molecular weight excluding hydrogens is 312 g/mol. The van der Waals surface area contributed by atoms with E-state index < -0.39 is 0 Å². The summed E-state index contributed by atoms with van der Waals surface area (Å²) < 4.78 is 0. The number of hydrazine groups is 1. The van der Waals surface area contributed by atoms with Gasteiger partial charge in [0, 0.05) is 12.7 Å². The SMILES string of the molecule is Cc1ccnc(C(NC(=O)C2CNNC2c2ccccc2)C2CC2)c1. The molecule has 1 saturated carbocycles. The molecule has 2 heterocycles. The Hall–Kier alpha value is -2.24. The maximum absolute atomic E-state index is 13.0. The van der Waals surface area contributed by atoms with Crippen molar-refractivity contribution in [1.82, 2.24) is 21.2 Å². The summed E-state index contributed by atoms with van der Waals surface area (Å²) in [6.45, 7) is 2.69. The summed E-state index contributed by atoms with van der Waals surface area (Å²) in [6.07, 6.45) is 4.14. The number of nitrogens with zero attached hydrogens (tertiary/aromatic N) is 1. The van der Waals surface area contributed by atoms with Crippen molar-refractivity contribution in [2.24, 2.45) is 11.8 Å². The number of hydrogen-bond acceptors (Lipinski definition) is 4. The van der Waals surface area contributed by atoms with Gasteiger partial charge in [-0.2, -0.15) is 0 Å². The van der Waals surface area contributed by atoms with Crippen LogP contribution < -0.4 is 16.2 Å². The number of pyridine rings is 1. The molecule has 2 aliphatic rings. The van der Waals surface area contributed by atoms with E-state index in [9.17, 15) is 4.79 Å². The van der Waals surface area contributed by atoms with Gasteiger partial charge in [-0.15, -0.1) is 0 Å². The summed E-state index contributed by atoms with van der Waals surface area (Å²) in [5.74, 6) is 0.468. The zero-order chi connectivity index (χ0) is 17.2. The van der Waals surface area contributed by atoms with Crippen LogP contribution in [0.25, 0.3) is 0 Å². The van der Waals surface area contributed by atoms with E-state index in [-0.39, 0.29) is 23.9 Å². The predicted molar refractivity (Wildman–Crippen MR) is 96.4 cm³/mol.